The van der Waals surface area contributed by atoms with Gasteiger partial charge in [0.2, 0.25) is 5.91 Å². The number of aliphatic carboxylic acids is 1. The molecule has 1 amide bonds. The van der Waals surface area contributed by atoms with Gasteiger partial charge in [-0.3, -0.25) is 4.79 Å². The van der Waals surface area contributed by atoms with E-state index < -0.39 is 18.0 Å². The second-order valence-corrected chi connectivity index (χ2v) is 4.34. The van der Waals surface area contributed by atoms with Crippen molar-refractivity contribution in [2.24, 2.45) is 5.73 Å². The number of nitrogens with two attached hydrogens (primary N) is 1. The number of carbonyl (C=O) groups excluding carboxylic acids is 1. The van der Waals surface area contributed by atoms with Crippen molar-refractivity contribution in [3.05, 3.63) is 23.9 Å². The lowest BCUT2D eigenvalue weighted by molar-refractivity contribution is -0.149. The number of amides is 1. The van der Waals surface area contributed by atoms with Crippen LogP contribution < -0.4 is 11.1 Å². The molecule has 1 aromatic rings. The summed E-state index contributed by atoms with van der Waals surface area (Å²) in [6, 6.07) is 3.22. The molecular weight excluding hydrogens is 250 g/mol. The van der Waals surface area contributed by atoms with Crippen molar-refractivity contribution in [1.29, 1.82) is 0 Å². The van der Waals surface area contributed by atoms with Crippen molar-refractivity contribution < 1.29 is 19.4 Å². The summed E-state index contributed by atoms with van der Waals surface area (Å²) in [6.07, 6.45) is 1.76. The van der Waals surface area contributed by atoms with Crippen molar-refractivity contribution in [3.8, 4) is 0 Å². The highest BCUT2D eigenvalue weighted by Crippen LogP contribution is 2.20. The van der Waals surface area contributed by atoms with Crippen LogP contribution in [0.4, 0.5) is 5.82 Å². The third kappa shape index (κ3) is 3.41. The molecule has 2 atom stereocenters. The number of rotatable bonds is 5. The van der Waals surface area contributed by atoms with Gasteiger partial charge in [-0.1, -0.05) is 0 Å². The zero-order valence-corrected chi connectivity index (χ0v) is 10.2. The number of aromatic nitrogens is 1. The summed E-state index contributed by atoms with van der Waals surface area (Å²) >= 11 is 0. The summed E-state index contributed by atoms with van der Waals surface area (Å²) in [5.41, 5.74) is 5.45. The second-order valence-electron chi connectivity index (χ2n) is 4.34. The standard InChI is InChI=1S/C12H15N3O4/c13-11(16)7-1-4-10(14-5-7)15-6-8-2-3-9(19-8)12(17)18/h1,4-5,8-9H,2-3,6H2,(H2,13,16)(H,14,15)(H,17,18). The Labute approximate surface area is 109 Å². The van der Waals surface area contributed by atoms with Crippen LogP contribution in [0.5, 0.6) is 0 Å². The van der Waals surface area contributed by atoms with E-state index in [4.69, 9.17) is 15.6 Å². The lowest BCUT2D eigenvalue weighted by Crippen LogP contribution is -2.24. The first-order valence-electron chi connectivity index (χ1n) is 5.94. The van der Waals surface area contributed by atoms with Gasteiger partial charge in [-0.25, -0.2) is 9.78 Å². The van der Waals surface area contributed by atoms with Gasteiger partial charge >= 0.3 is 5.97 Å². The number of carbonyl (C=O) groups is 2. The molecule has 1 aliphatic rings. The van der Waals surface area contributed by atoms with E-state index >= 15 is 0 Å². The van der Waals surface area contributed by atoms with Gasteiger partial charge in [0.15, 0.2) is 6.10 Å². The number of pyridine rings is 1. The minimum absolute atomic E-state index is 0.140. The molecule has 1 aromatic heterocycles. The van der Waals surface area contributed by atoms with Crippen molar-refractivity contribution in [2.75, 3.05) is 11.9 Å². The summed E-state index contributed by atoms with van der Waals surface area (Å²) in [5, 5.41) is 11.8. The normalized spacial score (nSPS) is 22.1. The van der Waals surface area contributed by atoms with Crippen LogP contribution in [0.3, 0.4) is 0 Å². The van der Waals surface area contributed by atoms with Gasteiger partial charge in [-0.15, -0.1) is 0 Å². The molecular formula is C12H15N3O4. The quantitative estimate of drug-likeness (QED) is 0.701. The minimum Gasteiger partial charge on any atom is -0.479 e. The smallest absolute Gasteiger partial charge is 0.332 e. The third-order valence-corrected chi connectivity index (χ3v) is 2.94. The Balaban J connectivity index is 1.83. The number of hydrogen-bond donors (Lipinski definition) is 3. The molecule has 0 aromatic carbocycles. The van der Waals surface area contributed by atoms with Crippen LogP contribution in [-0.2, 0) is 9.53 Å². The van der Waals surface area contributed by atoms with Gasteiger partial charge in [-0.05, 0) is 25.0 Å². The van der Waals surface area contributed by atoms with E-state index in [1.54, 1.807) is 12.1 Å². The molecule has 0 radical (unpaired) electrons. The summed E-state index contributed by atoms with van der Waals surface area (Å²) in [4.78, 5) is 25.6. The molecule has 7 heteroatoms. The summed E-state index contributed by atoms with van der Waals surface area (Å²) in [7, 11) is 0. The number of hydrogen-bond acceptors (Lipinski definition) is 5. The maximum absolute atomic E-state index is 10.9. The predicted molar refractivity (Wildman–Crippen MR) is 66.8 cm³/mol. The fourth-order valence-corrected chi connectivity index (χ4v) is 1.90. The first-order valence-corrected chi connectivity index (χ1v) is 5.94. The van der Waals surface area contributed by atoms with Crippen molar-refractivity contribution in [1.82, 2.24) is 4.98 Å². The molecule has 1 aliphatic heterocycles. The summed E-state index contributed by atoms with van der Waals surface area (Å²) in [6.45, 7) is 0.479. The first kappa shape index (κ1) is 13.3. The van der Waals surface area contributed by atoms with Gasteiger partial charge < -0.3 is 20.9 Å². The van der Waals surface area contributed by atoms with E-state index in [9.17, 15) is 9.59 Å². The van der Waals surface area contributed by atoms with Crippen molar-refractivity contribution >= 4 is 17.7 Å². The fourth-order valence-electron chi connectivity index (χ4n) is 1.90. The highest BCUT2D eigenvalue weighted by Gasteiger charge is 2.30. The Bertz CT molecular complexity index is 474. The Morgan fingerprint density at radius 3 is 2.79 bits per heavy atom. The molecule has 1 saturated heterocycles. The number of nitrogens with one attached hydrogen (secondary N) is 1. The van der Waals surface area contributed by atoms with Crippen LogP contribution in [0.25, 0.3) is 0 Å². The van der Waals surface area contributed by atoms with E-state index in [1.807, 2.05) is 0 Å². The van der Waals surface area contributed by atoms with E-state index in [0.29, 0.717) is 30.8 Å². The highest BCUT2D eigenvalue weighted by atomic mass is 16.5. The van der Waals surface area contributed by atoms with E-state index in [2.05, 4.69) is 10.3 Å². The van der Waals surface area contributed by atoms with Crippen LogP contribution >= 0.6 is 0 Å². The van der Waals surface area contributed by atoms with E-state index in [-0.39, 0.29) is 6.10 Å². The van der Waals surface area contributed by atoms with Crippen LogP contribution in [0.15, 0.2) is 18.3 Å². The van der Waals surface area contributed by atoms with E-state index in [0.717, 1.165) is 0 Å². The van der Waals surface area contributed by atoms with Crippen LogP contribution in [0.2, 0.25) is 0 Å². The Kier molecular flexibility index (Phi) is 3.96. The van der Waals surface area contributed by atoms with Crippen molar-refractivity contribution in [3.63, 3.8) is 0 Å². The largest absolute Gasteiger partial charge is 0.479 e. The van der Waals surface area contributed by atoms with Crippen LogP contribution in [0, 0.1) is 0 Å². The molecule has 102 valence electrons. The van der Waals surface area contributed by atoms with Crippen LogP contribution in [-0.4, -0.2) is 40.7 Å². The number of primary amides is 1. The number of nitrogens with zero attached hydrogens (tertiary/aromatic N) is 1. The molecule has 2 rings (SSSR count). The maximum Gasteiger partial charge on any atom is 0.332 e. The average molecular weight is 265 g/mol. The number of anilines is 1. The van der Waals surface area contributed by atoms with Gasteiger partial charge in [0.25, 0.3) is 0 Å². The molecule has 2 unspecified atom stereocenters. The van der Waals surface area contributed by atoms with Gasteiger partial charge in [0.1, 0.15) is 5.82 Å². The van der Waals surface area contributed by atoms with Crippen molar-refractivity contribution in [2.45, 2.75) is 25.0 Å². The Hall–Kier alpha value is -2.15. The molecule has 4 N–H and O–H groups in total. The number of ether oxygens (including phenoxy) is 1. The zero-order chi connectivity index (χ0) is 13.8. The summed E-state index contributed by atoms with van der Waals surface area (Å²) < 4.78 is 5.34. The molecule has 0 saturated carbocycles. The highest BCUT2D eigenvalue weighted by molar-refractivity contribution is 5.92. The topological polar surface area (TPSA) is 115 Å². The minimum atomic E-state index is -0.925. The fraction of sp³-hybridized carbons (Fsp3) is 0.417. The Morgan fingerprint density at radius 1 is 1.47 bits per heavy atom. The maximum atomic E-state index is 10.9. The first-order chi connectivity index (χ1) is 9.06. The molecule has 0 bridgehead atoms. The Morgan fingerprint density at radius 2 is 2.26 bits per heavy atom. The SMILES string of the molecule is NC(=O)c1ccc(NCC2CCC(C(=O)O)O2)nc1. The molecule has 0 spiro atoms. The summed E-state index contributed by atoms with van der Waals surface area (Å²) in [5.74, 6) is -0.860. The molecule has 1 fully saturated rings. The molecule has 2 heterocycles. The zero-order valence-electron chi connectivity index (χ0n) is 10.2. The molecule has 7 nitrogen and oxygen atoms in total. The van der Waals surface area contributed by atoms with Gasteiger partial charge in [0.05, 0.1) is 11.7 Å². The monoisotopic (exact) mass is 265 g/mol. The predicted octanol–water partition coefficient (Wildman–Crippen LogP) is 0.225. The lowest BCUT2D eigenvalue weighted by Gasteiger charge is -2.12. The molecule has 0 aliphatic carbocycles. The number of carboxylic acids is 1. The van der Waals surface area contributed by atoms with Crippen LogP contribution in [0.1, 0.15) is 23.2 Å². The van der Waals surface area contributed by atoms with Gasteiger partial charge in [-0.2, -0.15) is 0 Å². The third-order valence-electron chi connectivity index (χ3n) is 2.94. The average Bonchev–Trinajstić information content (AvgIpc) is 2.86. The number of carboxylic acid groups (broad SMARTS) is 1. The molecule has 19 heavy (non-hydrogen) atoms. The second kappa shape index (κ2) is 5.66. The van der Waals surface area contributed by atoms with E-state index in [1.165, 1.54) is 6.20 Å². The lowest BCUT2D eigenvalue weighted by atomic mass is 10.2. The van der Waals surface area contributed by atoms with Gasteiger partial charge in [0, 0.05) is 12.7 Å².